The molecule has 0 atom stereocenters. The first-order valence-electron chi connectivity index (χ1n) is 6.10. The van der Waals surface area contributed by atoms with Crippen molar-refractivity contribution >= 4 is 29.1 Å². The third-order valence-electron chi connectivity index (χ3n) is 2.43. The third-order valence-corrected chi connectivity index (χ3v) is 2.76. The van der Waals surface area contributed by atoms with Crippen LogP contribution in [0.4, 0.5) is 5.69 Å². The summed E-state index contributed by atoms with van der Waals surface area (Å²) in [5.74, 6) is -0.441. The first-order valence-corrected chi connectivity index (χ1v) is 6.48. The van der Waals surface area contributed by atoms with E-state index in [-0.39, 0.29) is 18.4 Å². The number of halogens is 1. The van der Waals surface area contributed by atoms with Crippen LogP contribution in [0.3, 0.4) is 0 Å². The van der Waals surface area contributed by atoms with Gasteiger partial charge in [-0.3, -0.25) is 9.59 Å². The van der Waals surface area contributed by atoms with Crippen molar-refractivity contribution in [3.8, 4) is 0 Å². The number of rotatable bonds is 6. The van der Waals surface area contributed by atoms with Crippen molar-refractivity contribution in [2.75, 3.05) is 25.5 Å². The Labute approximate surface area is 117 Å². The molecule has 0 heterocycles. The van der Waals surface area contributed by atoms with E-state index in [4.69, 9.17) is 11.6 Å². The minimum absolute atomic E-state index is 0.154. The van der Waals surface area contributed by atoms with Crippen molar-refractivity contribution in [3.05, 3.63) is 28.8 Å². The lowest BCUT2D eigenvalue weighted by atomic mass is 10.2. The van der Waals surface area contributed by atoms with Crippen LogP contribution in [0, 0.1) is 0 Å². The first kappa shape index (κ1) is 15.5. The summed E-state index contributed by atoms with van der Waals surface area (Å²) >= 11 is 5.92. The SMILES string of the molecule is CCCNCC(=O)Nc1ccc(Cl)c(C(=O)NC)c1. The van der Waals surface area contributed by atoms with E-state index in [0.29, 0.717) is 16.3 Å². The van der Waals surface area contributed by atoms with Crippen LogP contribution >= 0.6 is 11.6 Å². The van der Waals surface area contributed by atoms with Crippen molar-refractivity contribution in [1.82, 2.24) is 10.6 Å². The van der Waals surface area contributed by atoms with Crippen LogP contribution in [0.5, 0.6) is 0 Å². The van der Waals surface area contributed by atoms with Crippen LogP contribution in [-0.2, 0) is 4.79 Å². The number of hydrogen-bond acceptors (Lipinski definition) is 3. The molecule has 1 aromatic rings. The van der Waals surface area contributed by atoms with Gasteiger partial charge in [0.1, 0.15) is 0 Å². The lowest BCUT2D eigenvalue weighted by Crippen LogP contribution is -2.28. The van der Waals surface area contributed by atoms with Crippen molar-refractivity contribution in [2.24, 2.45) is 0 Å². The summed E-state index contributed by atoms with van der Waals surface area (Å²) in [6.45, 7) is 3.06. The monoisotopic (exact) mass is 283 g/mol. The van der Waals surface area contributed by atoms with Gasteiger partial charge < -0.3 is 16.0 Å². The Hall–Kier alpha value is -1.59. The molecule has 6 heteroatoms. The molecule has 0 aliphatic heterocycles. The Morgan fingerprint density at radius 1 is 1.32 bits per heavy atom. The largest absolute Gasteiger partial charge is 0.355 e. The summed E-state index contributed by atoms with van der Waals surface area (Å²) in [4.78, 5) is 23.2. The van der Waals surface area contributed by atoms with Gasteiger partial charge in [0.05, 0.1) is 17.1 Å². The lowest BCUT2D eigenvalue weighted by molar-refractivity contribution is -0.115. The van der Waals surface area contributed by atoms with Crippen LogP contribution in [0.1, 0.15) is 23.7 Å². The summed E-state index contributed by atoms with van der Waals surface area (Å²) < 4.78 is 0. The summed E-state index contributed by atoms with van der Waals surface area (Å²) in [5, 5.41) is 8.55. The number of nitrogens with one attached hydrogen (secondary N) is 3. The van der Waals surface area contributed by atoms with Gasteiger partial charge >= 0.3 is 0 Å². The van der Waals surface area contributed by atoms with E-state index in [1.807, 2.05) is 6.92 Å². The fraction of sp³-hybridized carbons (Fsp3) is 0.385. The maximum absolute atomic E-state index is 11.6. The Bertz CT molecular complexity index is 463. The Morgan fingerprint density at radius 2 is 2.05 bits per heavy atom. The van der Waals surface area contributed by atoms with E-state index in [2.05, 4.69) is 16.0 Å². The van der Waals surface area contributed by atoms with Gasteiger partial charge in [-0.15, -0.1) is 0 Å². The van der Waals surface area contributed by atoms with Gasteiger partial charge in [-0.1, -0.05) is 18.5 Å². The molecule has 0 spiro atoms. The van der Waals surface area contributed by atoms with Gasteiger partial charge in [-0.2, -0.15) is 0 Å². The molecule has 0 unspecified atom stereocenters. The lowest BCUT2D eigenvalue weighted by Gasteiger charge is -2.09. The Kier molecular flexibility index (Phi) is 6.32. The molecule has 0 bridgehead atoms. The van der Waals surface area contributed by atoms with Crippen LogP contribution in [0.2, 0.25) is 5.02 Å². The number of anilines is 1. The molecule has 0 saturated heterocycles. The molecule has 0 aromatic heterocycles. The molecular weight excluding hydrogens is 266 g/mol. The number of amides is 2. The fourth-order valence-electron chi connectivity index (χ4n) is 1.50. The molecule has 0 aliphatic carbocycles. The maximum atomic E-state index is 11.6. The second-order valence-electron chi connectivity index (χ2n) is 4.00. The molecule has 0 saturated carbocycles. The normalized spacial score (nSPS) is 10.1. The van der Waals surface area contributed by atoms with Gasteiger partial charge in [0, 0.05) is 12.7 Å². The molecule has 5 nitrogen and oxygen atoms in total. The zero-order valence-corrected chi connectivity index (χ0v) is 11.8. The van der Waals surface area contributed by atoms with E-state index < -0.39 is 0 Å². The van der Waals surface area contributed by atoms with Crippen LogP contribution in [-0.4, -0.2) is 32.0 Å². The predicted molar refractivity (Wildman–Crippen MR) is 76.6 cm³/mol. The second-order valence-corrected chi connectivity index (χ2v) is 4.41. The van der Waals surface area contributed by atoms with E-state index in [9.17, 15) is 9.59 Å². The molecule has 104 valence electrons. The summed E-state index contributed by atoms with van der Waals surface area (Å²) in [7, 11) is 1.53. The van der Waals surface area contributed by atoms with E-state index in [1.165, 1.54) is 7.05 Å². The quantitative estimate of drug-likeness (QED) is 0.695. The average molecular weight is 284 g/mol. The van der Waals surface area contributed by atoms with Gasteiger partial charge in [0.15, 0.2) is 0 Å². The van der Waals surface area contributed by atoms with Crippen molar-refractivity contribution < 1.29 is 9.59 Å². The van der Waals surface area contributed by atoms with Crippen LogP contribution in [0.25, 0.3) is 0 Å². The summed E-state index contributed by atoms with van der Waals surface area (Å²) in [6.07, 6.45) is 0.967. The van der Waals surface area contributed by atoms with Crippen molar-refractivity contribution in [3.63, 3.8) is 0 Å². The predicted octanol–water partition coefficient (Wildman–Crippen LogP) is 1.64. The average Bonchev–Trinajstić information content (AvgIpc) is 2.40. The Morgan fingerprint density at radius 3 is 2.68 bits per heavy atom. The zero-order valence-electron chi connectivity index (χ0n) is 11.0. The van der Waals surface area contributed by atoms with E-state index in [1.54, 1.807) is 18.2 Å². The van der Waals surface area contributed by atoms with Crippen LogP contribution in [0.15, 0.2) is 18.2 Å². The van der Waals surface area contributed by atoms with Crippen LogP contribution < -0.4 is 16.0 Å². The first-order chi connectivity index (χ1) is 9.08. The minimum Gasteiger partial charge on any atom is -0.355 e. The highest BCUT2D eigenvalue weighted by Crippen LogP contribution is 2.20. The van der Waals surface area contributed by atoms with Crippen molar-refractivity contribution in [1.29, 1.82) is 0 Å². The molecule has 19 heavy (non-hydrogen) atoms. The molecule has 0 fully saturated rings. The second kappa shape index (κ2) is 7.76. The molecule has 1 aromatic carbocycles. The minimum atomic E-state index is -0.287. The van der Waals surface area contributed by atoms with Gasteiger partial charge in [0.25, 0.3) is 5.91 Å². The van der Waals surface area contributed by atoms with Crippen molar-refractivity contribution in [2.45, 2.75) is 13.3 Å². The number of benzene rings is 1. The molecule has 0 aliphatic rings. The fourth-order valence-corrected chi connectivity index (χ4v) is 1.70. The third kappa shape index (κ3) is 4.89. The number of carbonyl (C=O) groups is 2. The molecule has 2 amide bonds. The Balaban J connectivity index is 2.69. The topological polar surface area (TPSA) is 70.2 Å². The summed E-state index contributed by atoms with van der Waals surface area (Å²) in [6, 6.07) is 4.80. The standard InChI is InChI=1S/C13H18ClN3O2/c1-3-6-16-8-12(18)17-9-4-5-11(14)10(7-9)13(19)15-2/h4-5,7,16H,3,6,8H2,1-2H3,(H,15,19)(H,17,18). The van der Waals surface area contributed by atoms with Gasteiger partial charge in [-0.05, 0) is 31.2 Å². The highest BCUT2D eigenvalue weighted by Gasteiger charge is 2.10. The number of carbonyl (C=O) groups excluding carboxylic acids is 2. The highest BCUT2D eigenvalue weighted by molar-refractivity contribution is 6.34. The highest BCUT2D eigenvalue weighted by atomic mass is 35.5. The summed E-state index contributed by atoms with van der Waals surface area (Å²) in [5.41, 5.74) is 0.884. The molecule has 1 rings (SSSR count). The van der Waals surface area contributed by atoms with E-state index >= 15 is 0 Å². The van der Waals surface area contributed by atoms with Gasteiger partial charge in [0.2, 0.25) is 5.91 Å². The molecule has 3 N–H and O–H groups in total. The molecular formula is C13H18ClN3O2. The zero-order chi connectivity index (χ0) is 14.3. The van der Waals surface area contributed by atoms with E-state index in [0.717, 1.165) is 13.0 Å². The maximum Gasteiger partial charge on any atom is 0.252 e. The smallest absolute Gasteiger partial charge is 0.252 e. The molecule has 0 radical (unpaired) electrons. The number of hydrogen-bond donors (Lipinski definition) is 3. The van der Waals surface area contributed by atoms with Gasteiger partial charge in [-0.25, -0.2) is 0 Å².